The van der Waals surface area contributed by atoms with Crippen molar-refractivity contribution in [3.63, 3.8) is 0 Å². The molecule has 2 aliphatic rings. The molecule has 0 aromatic heterocycles. The third kappa shape index (κ3) is 1.92. The van der Waals surface area contributed by atoms with Gasteiger partial charge in [-0.3, -0.25) is 14.4 Å². The molecule has 0 fully saturated rings. The molecule has 0 saturated carbocycles. The monoisotopic (exact) mass is 239 g/mol. The number of thioether (sulfide) groups is 1. The maximum Gasteiger partial charge on any atom is 0.234 e. The highest BCUT2D eigenvalue weighted by atomic mass is 32.2. The van der Waals surface area contributed by atoms with E-state index in [1.54, 1.807) is 24.8 Å². The summed E-state index contributed by atoms with van der Waals surface area (Å²) in [4.78, 5) is 28.0. The molecule has 4 nitrogen and oxygen atoms in total. The molecule has 86 valence electrons. The number of amides is 1. The highest BCUT2D eigenvalue weighted by Crippen LogP contribution is 2.34. The molecule has 0 bridgehead atoms. The SMILES string of the molecule is CCON(C=O)C1C=CC2=CSCC2C1=O. The summed E-state index contributed by atoms with van der Waals surface area (Å²) in [6.07, 6.45) is 4.19. The maximum absolute atomic E-state index is 12.1. The van der Waals surface area contributed by atoms with Crippen molar-refractivity contribution in [2.45, 2.75) is 13.0 Å². The first-order valence-corrected chi connectivity index (χ1v) is 6.23. The van der Waals surface area contributed by atoms with Crippen LogP contribution in [-0.2, 0) is 14.4 Å². The number of hydrogen-bond acceptors (Lipinski definition) is 4. The second-order valence-electron chi connectivity index (χ2n) is 3.59. The Bertz CT molecular complexity index is 364. The number of hydroxylamine groups is 2. The van der Waals surface area contributed by atoms with E-state index in [0.29, 0.717) is 13.0 Å². The van der Waals surface area contributed by atoms with Gasteiger partial charge in [0.25, 0.3) is 0 Å². The van der Waals surface area contributed by atoms with Crippen LogP contribution in [0.2, 0.25) is 0 Å². The number of nitrogens with zero attached hydrogens (tertiary/aromatic N) is 1. The first-order valence-electron chi connectivity index (χ1n) is 5.18. The Labute approximate surface area is 98.3 Å². The summed E-state index contributed by atoms with van der Waals surface area (Å²) in [6, 6.07) is -0.571. The number of hydrogen-bond donors (Lipinski definition) is 0. The summed E-state index contributed by atoms with van der Waals surface area (Å²) >= 11 is 1.64. The van der Waals surface area contributed by atoms with Crippen molar-refractivity contribution in [1.82, 2.24) is 5.06 Å². The predicted molar refractivity (Wildman–Crippen MR) is 61.5 cm³/mol. The van der Waals surface area contributed by atoms with E-state index in [4.69, 9.17) is 4.84 Å². The number of ketones is 1. The van der Waals surface area contributed by atoms with Crippen LogP contribution in [0, 0.1) is 5.92 Å². The van der Waals surface area contributed by atoms with Crippen molar-refractivity contribution >= 4 is 24.0 Å². The average Bonchev–Trinajstić information content (AvgIpc) is 2.76. The second-order valence-corrected chi connectivity index (χ2v) is 4.50. The lowest BCUT2D eigenvalue weighted by atomic mass is 9.87. The summed E-state index contributed by atoms with van der Waals surface area (Å²) in [6.45, 7) is 2.16. The Balaban J connectivity index is 2.18. The number of allylic oxidation sites excluding steroid dienone is 2. The van der Waals surface area contributed by atoms with E-state index in [0.717, 1.165) is 16.4 Å². The van der Waals surface area contributed by atoms with Crippen molar-refractivity contribution in [2.75, 3.05) is 12.4 Å². The van der Waals surface area contributed by atoms with E-state index in [2.05, 4.69) is 0 Å². The Kier molecular flexibility index (Phi) is 3.46. The zero-order chi connectivity index (χ0) is 11.5. The number of Topliss-reactive ketones (excluding diaryl/α,β-unsaturated/α-hetero) is 1. The first kappa shape index (κ1) is 11.4. The summed E-state index contributed by atoms with van der Waals surface area (Å²) < 4.78 is 0. The van der Waals surface area contributed by atoms with Crippen molar-refractivity contribution in [1.29, 1.82) is 0 Å². The van der Waals surface area contributed by atoms with Gasteiger partial charge in [-0.15, -0.1) is 11.8 Å². The molecule has 5 heteroatoms. The number of carbonyl (C=O) groups is 2. The van der Waals surface area contributed by atoms with Gasteiger partial charge in [-0.2, -0.15) is 0 Å². The molecular weight excluding hydrogens is 226 g/mol. The third-order valence-electron chi connectivity index (χ3n) is 2.65. The fourth-order valence-electron chi connectivity index (χ4n) is 1.86. The lowest BCUT2D eigenvalue weighted by molar-refractivity contribution is -0.183. The van der Waals surface area contributed by atoms with Crippen LogP contribution in [0.15, 0.2) is 23.1 Å². The largest absolute Gasteiger partial charge is 0.296 e. The van der Waals surface area contributed by atoms with Crippen LogP contribution in [0.25, 0.3) is 0 Å². The van der Waals surface area contributed by atoms with Crippen molar-refractivity contribution in [3.8, 4) is 0 Å². The zero-order valence-electron chi connectivity index (χ0n) is 8.96. The topological polar surface area (TPSA) is 46.6 Å². The standard InChI is InChI=1S/C11H13NO3S/c1-2-15-12(7-13)10-4-3-8-5-16-6-9(8)11(10)14/h3-5,7,9-10H,2,6H2,1H3. The van der Waals surface area contributed by atoms with Crippen molar-refractivity contribution in [3.05, 3.63) is 23.1 Å². The van der Waals surface area contributed by atoms with E-state index in [1.807, 2.05) is 11.5 Å². The van der Waals surface area contributed by atoms with Gasteiger partial charge in [0, 0.05) is 5.75 Å². The Morgan fingerprint density at radius 2 is 2.50 bits per heavy atom. The molecule has 0 aromatic rings. The van der Waals surface area contributed by atoms with Crippen LogP contribution in [0.1, 0.15) is 6.92 Å². The van der Waals surface area contributed by atoms with Gasteiger partial charge in [0.15, 0.2) is 5.78 Å². The molecule has 0 N–H and O–H groups in total. The van der Waals surface area contributed by atoms with Crippen molar-refractivity contribution < 1.29 is 14.4 Å². The first-order chi connectivity index (χ1) is 7.77. The fourth-order valence-corrected chi connectivity index (χ4v) is 2.94. The van der Waals surface area contributed by atoms with Gasteiger partial charge in [0.2, 0.25) is 6.41 Å². The van der Waals surface area contributed by atoms with Crippen LogP contribution in [-0.4, -0.2) is 35.7 Å². The van der Waals surface area contributed by atoms with Crippen LogP contribution in [0.4, 0.5) is 0 Å². The molecule has 16 heavy (non-hydrogen) atoms. The van der Waals surface area contributed by atoms with Gasteiger partial charge >= 0.3 is 0 Å². The number of carbonyl (C=O) groups excluding carboxylic acids is 2. The minimum absolute atomic E-state index is 0.0410. The minimum atomic E-state index is -0.571. The smallest absolute Gasteiger partial charge is 0.234 e. The summed E-state index contributed by atoms with van der Waals surface area (Å²) in [5, 5.41) is 3.10. The van der Waals surface area contributed by atoms with Crippen LogP contribution in [0.5, 0.6) is 0 Å². The molecule has 0 spiro atoms. The molecule has 2 unspecified atom stereocenters. The van der Waals surface area contributed by atoms with Gasteiger partial charge in [-0.1, -0.05) is 12.2 Å². The Morgan fingerprint density at radius 3 is 3.19 bits per heavy atom. The second kappa shape index (κ2) is 4.84. The molecule has 1 amide bonds. The molecule has 2 rings (SSSR count). The maximum atomic E-state index is 12.1. The van der Waals surface area contributed by atoms with Gasteiger partial charge in [0.1, 0.15) is 6.04 Å². The van der Waals surface area contributed by atoms with E-state index >= 15 is 0 Å². The highest BCUT2D eigenvalue weighted by molar-refractivity contribution is 8.02. The Morgan fingerprint density at radius 1 is 1.69 bits per heavy atom. The minimum Gasteiger partial charge on any atom is -0.296 e. The van der Waals surface area contributed by atoms with Gasteiger partial charge < -0.3 is 0 Å². The lowest BCUT2D eigenvalue weighted by Crippen LogP contribution is -2.44. The van der Waals surface area contributed by atoms with Crippen molar-refractivity contribution in [2.24, 2.45) is 5.92 Å². The summed E-state index contributed by atoms with van der Waals surface area (Å²) in [5.41, 5.74) is 1.05. The number of fused-ring (bicyclic) bond motifs is 1. The van der Waals surface area contributed by atoms with Crippen LogP contribution < -0.4 is 0 Å². The molecule has 1 aliphatic heterocycles. The van der Waals surface area contributed by atoms with Gasteiger partial charge in [0.05, 0.1) is 12.5 Å². The molecule has 0 saturated heterocycles. The normalized spacial score (nSPS) is 27.6. The molecule has 2 atom stereocenters. The molecular formula is C11H13NO3S. The predicted octanol–water partition coefficient (Wildman–Crippen LogP) is 1.15. The third-order valence-corrected chi connectivity index (χ3v) is 3.61. The van der Waals surface area contributed by atoms with Gasteiger partial charge in [-0.25, -0.2) is 5.06 Å². The van der Waals surface area contributed by atoms with Crippen LogP contribution >= 0.6 is 11.8 Å². The molecule has 0 radical (unpaired) electrons. The lowest BCUT2D eigenvalue weighted by Gasteiger charge is -2.28. The van der Waals surface area contributed by atoms with E-state index < -0.39 is 6.04 Å². The van der Waals surface area contributed by atoms with E-state index in [-0.39, 0.29) is 11.7 Å². The average molecular weight is 239 g/mol. The fraction of sp³-hybridized carbons (Fsp3) is 0.455. The highest BCUT2D eigenvalue weighted by Gasteiger charge is 2.36. The van der Waals surface area contributed by atoms with E-state index in [9.17, 15) is 9.59 Å². The molecule has 0 aromatic carbocycles. The number of rotatable bonds is 4. The van der Waals surface area contributed by atoms with E-state index in [1.165, 1.54) is 0 Å². The van der Waals surface area contributed by atoms with Gasteiger partial charge in [-0.05, 0) is 17.9 Å². The Hall–Kier alpha value is -1.07. The molecule has 1 aliphatic carbocycles. The molecule has 1 heterocycles. The van der Waals surface area contributed by atoms with Crippen LogP contribution in [0.3, 0.4) is 0 Å². The summed E-state index contributed by atoms with van der Waals surface area (Å²) in [5.74, 6) is 0.732. The zero-order valence-corrected chi connectivity index (χ0v) is 9.78. The quantitative estimate of drug-likeness (QED) is 0.545. The summed E-state index contributed by atoms with van der Waals surface area (Å²) in [7, 11) is 0.